The topological polar surface area (TPSA) is 53.1 Å². The van der Waals surface area contributed by atoms with Gasteiger partial charge in [0.05, 0.1) is 12.4 Å². The summed E-state index contributed by atoms with van der Waals surface area (Å²) in [4.78, 5) is 0. The van der Waals surface area contributed by atoms with Gasteiger partial charge in [-0.25, -0.2) is 0 Å². The molecule has 18 heavy (non-hydrogen) atoms. The Morgan fingerprint density at radius 1 is 1.44 bits per heavy atom. The Hall–Kier alpha value is -1.33. The molecule has 0 saturated heterocycles. The van der Waals surface area contributed by atoms with Crippen molar-refractivity contribution in [1.82, 2.24) is 9.78 Å². The molecule has 2 N–H and O–H groups in total. The van der Waals surface area contributed by atoms with Gasteiger partial charge in [-0.2, -0.15) is 5.10 Å². The summed E-state index contributed by atoms with van der Waals surface area (Å²) in [5, 5.41) is 4.24. The maximum Gasteiger partial charge on any atom is 0.165 e. The minimum absolute atomic E-state index is 0.318. The molecular weight excluding hydrogens is 294 g/mol. The molecule has 1 heterocycles. The van der Waals surface area contributed by atoms with E-state index in [9.17, 15) is 0 Å². The highest BCUT2D eigenvalue weighted by Crippen LogP contribution is 2.30. The lowest BCUT2D eigenvalue weighted by Crippen LogP contribution is -2.01. The largest absolute Gasteiger partial charge is 0.454 e. The van der Waals surface area contributed by atoms with Crippen molar-refractivity contribution >= 4 is 15.9 Å². The van der Waals surface area contributed by atoms with Gasteiger partial charge in [-0.05, 0) is 26.0 Å². The molecule has 0 aliphatic rings. The van der Waals surface area contributed by atoms with E-state index >= 15 is 0 Å². The Balaban J connectivity index is 2.25. The van der Waals surface area contributed by atoms with Crippen molar-refractivity contribution in [2.75, 3.05) is 0 Å². The number of rotatable bonds is 4. The molecule has 0 aliphatic carbocycles. The highest BCUT2D eigenvalue weighted by molar-refractivity contribution is 9.10. The van der Waals surface area contributed by atoms with Gasteiger partial charge in [-0.1, -0.05) is 22.0 Å². The molecule has 5 heteroatoms. The molecule has 4 nitrogen and oxygen atoms in total. The smallest absolute Gasteiger partial charge is 0.165 e. The fourth-order valence-electron chi connectivity index (χ4n) is 1.62. The van der Waals surface area contributed by atoms with Crippen LogP contribution in [0.4, 0.5) is 0 Å². The SMILES string of the molecule is CC(C)n1cc(Oc2cccc(Br)c2CN)cn1. The van der Waals surface area contributed by atoms with Gasteiger partial charge in [0.1, 0.15) is 5.75 Å². The lowest BCUT2D eigenvalue weighted by Gasteiger charge is -2.09. The lowest BCUT2D eigenvalue weighted by atomic mass is 10.2. The first-order valence-electron chi connectivity index (χ1n) is 5.81. The second-order valence-electron chi connectivity index (χ2n) is 4.27. The third-order valence-corrected chi connectivity index (χ3v) is 3.36. The highest BCUT2D eigenvalue weighted by Gasteiger charge is 2.09. The molecule has 0 radical (unpaired) electrons. The number of ether oxygens (including phenoxy) is 1. The molecule has 0 unspecified atom stereocenters. The van der Waals surface area contributed by atoms with Gasteiger partial charge in [0, 0.05) is 22.6 Å². The first-order chi connectivity index (χ1) is 8.61. The Bertz CT molecular complexity index is 537. The summed E-state index contributed by atoms with van der Waals surface area (Å²) in [7, 11) is 0. The molecule has 1 aromatic carbocycles. The Kier molecular flexibility index (Phi) is 4.04. The van der Waals surface area contributed by atoms with Gasteiger partial charge in [-0.15, -0.1) is 0 Å². The Morgan fingerprint density at radius 2 is 2.22 bits per heavy atom. The summed E-state index contributed by atoms with van der Waals surface area (Å²) in [6.45, 7) is 4.57. The summed E-state index contributed by atoms with van der Waals surface area (Å²) in [6.07, 6.45) is 3.59. The van der Waals surface area contributed by atoms with Crippen molar-refractivity contribution in [3.8, 4) is 11.5 Å². The average Bonchev–Trinajstić information content (AvgIpc) is 2.78. The van der Waals surface area contributed by atoms with E-state index in [1.807, 2.05) is 29.1 Å². The number of aromatic nitrogens is 2. The summed E-state index contributed by atoms with van der Waals surface area (Å²) < 4.78 is 8.63. The number of hydrogen-bond acceptors (Lipinski definition) is 3. The van der Waals surface area contributed by atoms with Crippen LogP contribution in [0.2, 0.25) is 0 Å². The summed E-state index contributed by atoms with van der Waals surface area (Å²) in [6, 6.07) is 6.09. The van der Waals surface area contributed by atoms with Gasteiger partial charge in [0.25, 0.3) is 0 Å². The van der Waals surface area contributed by atoms with E-state index in [0.29, 0.717) is 12.6 Å². The minimum Gasteiger partial charge on any atom is -0.454 e. The van der Waals surface area contributed by atoms with Gasteiger partial charge < -0.3 is 10.5 Å². The van der Waals surface area contributed by atoms with Crippen LogP contribution in [0.3, 0.4) is 0 Å². The van der Waals surface area contributed by atoms with Gasteiger partial charge in [-0.3, -0.25) is 4.68 Å². The second kappa shape index (κ2) is 5.54. The summed E-state index contributed by atoms with van der Waals surface area (Å²) in [5.41, 5.74) is 6.68. The first kappa shape index (κ1) is 13.1. The fraction of sp³-hybridized carbons (Fsp3) is 0.308. The minimum atomic E-state index is 0.318. The fourth-order valence-corrected chi connectivity index (χ4v) is 2.13. The second-order valence-corrected chi connectivity index (χ2v) is 5.13. The van der Waals surface area contributed by atoms with E-state index in [2.05, 4.69) is 34.9 Å². The van der Waals surface area contributed by atoms with Gasteiger partial charge >= 0.3 is 0 Å². The van der Waals surface area contributed by atoms with Gasteiger partial charge in [0.15, 0.2) is 5.75 Å². The van der Waals surface area contributed by atoms with Crippen LogP contribution in [0.25, 0.3) is 0 Å². The van der Waals surface area contributed by atoms with Crippen molar-refractivity contribution in [3.05, 3.63) is 40.6 Å². The molecule has 0 fully saturated rings. The van der Waals surface area contributed by atoms with E-state index in [-0.39, 0.29) is 0 Å². The monoisotopic (exact) mass is 309 g/mol. The van der Waals surface area contributed by atoms with Crippen molar-refractivity contribution in [2.24, 2.45) is 5.73 Å². The maximum atomic E-state index is 5.82. The zero-order valence-corrected chi connectivity index (χ0v) is 12.0. The normalized spacial score (nSPS) is 10.9. The van der Waals surface area contributed by atoms with Crippen LogP contribution in [-0.2, 0) is 6.54 Å². The average molecular weight is 310 g/mol. The van der Waals surface area contributed by atoms with Crippen LogP contribution < -0.4 is 10.5 Å². The zero-order chi connectivity index (χ0) is 13.1. The van der Waals surface area contributed by atoms with E-state index in [4.69, 9.17) is 10.5 Å². The van der Waals surface area contributed by atoms with Crippen LogP contribution in [0.1, 0.15) is 25.5 Å². The van der Waals surface area contributed by atoms with E-state index in [0.717, 1.165) is 21.5 Å². The molecule has 0 amide bonds. The van der Waals surface area contributed by atoms with Crippen molar-refractivity contribution in [2.45, 2.75) is 26.4 Å². The predicted octanol–water partition coefficient (Wildman–Crippen LogP) is 3.48. The number of halogens is 1. The van der Waals surface area contributed by atoms with Crippen LogP contribution in [0, 0.1) is 0 Å². The predicted molar refractivity (Wildman–Crippen MR) is 74.7 cm³/mol. The van der Waals surface area contributed by atoms with Crippen LogP contribution in [-0.4, -0.2) is 9.78 Å². The molecule has 0 atom stereocenters. The summed E-state index contributed by atoms with van der Waals surface area (Å²) >= 11 is 3.47. The van der Waals surface area contributed by atoms with Crippen molar-refractivity contribution < 1.29 is 4.74 Å². The first-order valence-corrected chi connectivity index (χ1v) is 6.60. The molecule has 0 saturated carbocycles. The molecule has 1 aromatic heterocycles. The van der Waals surface area contributed by atoms with Crippen LogP contribution >= 0.6 is 15.9 Å². The molecule has 0 spiro atoms. The molecule has 0 aliphatic heterocycles. The van der Waals surface area contributed by atoms with E-state index in [1.165, 1.54) is 0 Å². The quantitative estimate of drug-likeness (QED) is 0.940. The summed E-state index contributed by atoms with van der Waals surface area (Å²) in [5.74, 6) is 1.48. The number of nitrogens with two attached hydrogens (primary N) is 1. The Labute approximate surface area is 115 Å². The van der Waals surface area contributed by atoms with E-state index < -0.39 is 0 Å². The lowest BCUT2D eigenvalue weighted by molar-refractivity contribution is 0.471. The van der Waals surface area contributed by atoms with Gasteiger partial charge in [0.2, 0.25) is 0 Å². The molecule has 96 valence electrons. The third-order valence-electron chi connectivity index (χ3n) is 2.61. The third kappa shape index (κ3) is 2.73. The zero-order valence-electron chi connectivity index (χ0n) is 10.4. The standard InChI is InChI=1S/C13H16BrN3O/c1-9(2)17-8-10(7-16-17)18-13-5-3-4-12(14)11(13)6-15/h3-5,7-9H,6,15H2,1-2H3. The Morgan fingerprint density at radius 3 is 2.83 bits per heavy atom. The molecular formula is C13H16BrN3O. The molecule has 0 bridgehead atoms. The number of nitrogens with zero attached hydrogens (tertiary/aromatic N) is 2. The molecule has 2 aromatic rings. The number of hydrogen-bond donors (Lipinski definition) is 1. The highest BCUT2D eigenvalue weighted by atomic mass is 79.9. The van der Waals surface area contributed by atoms with E-state index in [1.54, 1.807) is 6.20 Å². The van der Waals surface area contributed by atoms with Crippen molar-refractivity contribution in [1.29, 1.82) is 0 Å². The van der Waals surface area contributed by atoms with Crippen LogP contribution in [0.15, 0.2) is 35.1 Å². The number of benzene rings is 1. The van der Waals surface area contributed by atoms with Crippen LogP contribution in [0.5, 0.6) is 11.5 Å². The van der Waals surface area contributed by atoms with Crippen molar-refractivity contribution in [3.63, 3.8) is 0 Å². The molecule has 2 rings (SSSR count). The maximum absolute atomic E-state index is 5.82.